The zero-order valence-electron chi connectivity index (χ0n) is 35.3. The minimum absolute atomic E-state index is 0.0576. The van der Waals surface area contributed by atoms with E-state index in [0.717, 1.165) is 32.1 Å². The van der Waals surface area contributed by atoms with Gasteiger partial charge in [-0.05, 0) is 77.0 Å². The fraction of sp³-hybridized carbons (Fsp3) is 0.609. The lowest BCUT2D eigenvalue weighted by Crippen LogP contribution is -2.29. The van der Waals surface area contributed by atoms with Gasteiger partial charge in [0.05, 0.1) is 25.9 Å². The Labute approximate surface area is 349 Å². The first-order chi connectivity index (χ1) is 28.1. The summed E-state index contributed by atoms with van der Waals surface area (Å²) in [6.07, 6.45) is 45.6. The second-order valence-corrected chi connectivity index (χ2v) is 15.3. The van der Waals surface area contributed by atoms with Crippen molar-refractivity contribution >= 4 is 19.8 Å². The summed E-state index contributed by atoms with van der Waals surface area (Å²) in [6, 6.07) is 0. The zero-order chi connectivity index (χ0) is 42.8. The number of aliphatic hydroxyl groups is 3. The molecule has 0 spiro atoms. The van der Waals surface area contributed by atoms with Crippen LogP contribution in [0.15, 0.2) is 97.2 Å². The van der Waals surface area contributed by atoms with Crippen molar-refractivity contribution in [3.05, 3.63) is 97.2 Å². The zero-order valence-corrected chi connectivity index (χ0v) is 36.2. The van der Waals surface area contributed by atoms with Gasteiger partial charge in [0.15, 0.2) is 6.10 Å². The predicted octanol–water partition coefficient (Wildman–Crippen LogP) is 10.2. The van der Waals surface area contributed by atoms with Gasteiger partial charge in [-0.2, -0.15) is 0 Å². The van der Waals surface area contributed by atoms with E-state index in [4.69, 9.17) is 19.1 Å². The Kier molecular flexibility index (Phi) is 38.4. The number of carbonyl (C=O) groups excluding carboxylic acids is 2. The molecule has 0 fully saturated rings. The van der Waals surface area contributed by atoms with Crippen LogP contribution in [0.5, 0.6) is 0 Å². The fourth-order valence-electron chi connectivity index (χ4n) is 5.01. The Morgan fingerprint density at radius 3 is 1.78 bits per heavy atom. The first-order valence-electron chi connectivity index (χ1n) is 21.3. The third-order valence-corrected chi connectivity index (χ3v) is 9.25. The van der Waals surface area contributed by atoms with Crippen molar-refractivity contribution < 1.29 is 52.9 Å². The summed E-state index contributed by atoms with van der Waals surface area (Å²) in [5, 5.41) is 28.3. The van der Waals surface area contributed by atoms with Crippen LogP contribution in [-0.4, -0.2) is 76.9 Å². The molecule has 58 heavy (non-hydrogen) atoms. The number of aliphatic hydroxyl groups excluding tert-OH is 3. The van der Waals surface area contributed by atoms with Crippen LogP contribution in [0.4, 0.5) is 0 Å². The standard InChI is InChI=1S/C46H75O11P/c1-3-5-7-9-11-12-13-14-15-16-17-18-19-20-24-28-32-36-45(50)54-40-44(41-56-58(52,53)55-39-43(49)38-47)57-46(51)37-33-29-25-22-21-23-27-31-35-42(48)34-30-26-10-8-6-4-2/h6,8,14-15,17-18,20,22-27,30-31,35,42-44,47-49H,3-5,7,9-13,16,19,21,28-29,32-34,36-41H2,1-2H3,(H,52,53)/b8-6-,15-14-,18-17-,24-20-,25-22-,27-23-,30-26-,35-31+/t42?,43-,44+/m0/s1. The van der Waals surface area contributed by atoms with E-state index in [1.54, 1.807) is 6.08 Å². The number of carbonyl (C=O) groups is 2. The first kappa shape index (κ1) is 54.9. The van der Waals surface area contributed by atoms with Gasteiger partial charge in [0, 0.05) is 12.8 Å². The van der Waals surface area contributed by atoms with Crippen molar-refractivity contribution in [2.24, 2.45) is 0 Å². The normalized spacial score (nSPS) is 15.3. The maximum atomic E-state index is 12.6. The molecule has 11 nitrogen and oxygen atoms in total. The molecule has 0 aromatic heterocycles. The molecule has 0 saturated heterocycles. The van der Waals surface area contributed by atoms with Crippen molar-refractivity contribution in [1.29, 1.82) is 0 Å². The number of ether oxygens (including phenoxy) is 2. The van der Waals surface area contributed by atoms with Crippen LogP contribution in [0.25, 0.3) is 0 Å². The number of phosphoric acid groups is 1. The molecule has 0 aliphatic carbocycles. The largest absolute Gasteiger partial charge is 0.472 e. The SMILES string of the molecule is CC/C=C\C/C=C\CC(O)/C=C/C=C\C/C=C\CCCC(=O)O[C@H](COC(=O)CCC/C=C\C/C=C\C/C=C\CCCCCCCC)COP(=O)(O)OC[C@@H](O)CO. The molecule has 0 aromatic carbocycles. The molecule has 4 N–H and O–H groups in total. The lowest BCUT2D eigenvalue weighted by atomic mass is 10.1. The Morgan fingerprint density at radius 1 is 0.603 bits per heavy atom. The highest BCUT2D eigenvalue weighted by molar-refractivity contribution is 7.47. The molecule has 12 heteroatoms. The first-order valence-corrected chi connectivity index (χ1v) is 22.8. The van der Waals surface area contributed by atoms with Crippen LogP contribution in [0.3, 0.4) is 0 Å². The Morgan fingerprint density at radius 2 is 1.14 bits per heavy atom. The van der Waals surface area contributed by atoms with Gasteiger partial charge in [0.2, 0.25) is 0 Å². The Balaban J connectivity index is 4.58. The van der Waals surface area contributed by atoms with Crippen LogP contribution in [0.1, 0.15) is 136 Å². The quantitative estimate of drug-likeness (QED) is 0.0154. The van der Waals surface area contributed by atoms with Crippen molar-refractivity contribution in [3.63, 3.8) is 0 Å². The van der Waals surface area contributed by atoms with Crippen molar-refractivity contribution in [1.82, 2.24) is 0 Å². The Hall–Kier alpha value is -3.15. The topological polar surface area (TPSA) is 169 Å². The maximum absolute atomic E-state index is 12.6. The molecule has 4 atom stereocenters. The molecule has 0 aliphatic rings. The third-order valence-electron chi connectivity index (χ3n) is 8.30. The number of phosphoric ester groups is 1. The van der Waals surface area contributed by atoms with Gasteiger partial charge in [0.1, 0.15) is 12.7 Å². The molecule has 0 heterocycles. The molecule has 0 radical (unpaired) electrons. The lowest BCUT2D eigenvalue weighted by Gasteiger charge is -2.20. The molecular weight excluding hydrogens is 759 g/mol. The summed E-state index contributed by atoms with van der Waals surface area (Å²) < 4.78 is 32.5. The van der Waals surface area contributed by atoms with Gasteiger partial charge < -0.3 is 29.7 Å². The second-order valence-electron chi connectivity index (χ2n) is 13.8. The van der Waals surface area contributed by atoms with E-state index in [0.29, 0.717) is 38.5 Å². The molecule has 0 rings (SSSR count). The highest BCUT2D eigenvalue weighted by Gasteiger charge is 2.27. The van der Waals surface area contributed by atoms with E-state index in [-0.39, 0.29) is 19.4 Å². The van der Waals surface area contributed by atoms with Crippen LogP contribution >= 0.6 is 7.82 Å². The Bertz CT molecular complexity index is 1300. The number of rotatable bonds is 38. The van der Waals surface area contributed by atoms with Crippen molar-refractivity contribution in [2.75, 3.05) is 26.4 Å². The van der Waals surface area contributed by atoms with E-state index in [1.165, 1.54) is 38.5 Å². The second kappa shape index (κ2) is 40.6. The number of hydrogen-bond donors (Lipinski definition) is 4. The minimum atomic E-state index is -4.67. The number of unbranched alkanes of at least 4 members (excludes halogenated alkanes) is 8. The van der Waals surface area contributed by atoms with E-state index < -0.39 is 57.9 Å². The third kappa shape index (κ3) is 39.7. The highest BCUT2D eigenvalue weighted by atomic mass is 31.2. The summed E-state index contributed by atoms with van der Waals surface area (Å²) in [5.74, 6) is -1.10. The predicted molar refractivity (Wildman–Crippen MR) is 234 cm³/mol. The van der Waals surface area contributed by atoms with Gasteiger partial charge in [-0.3, -0.25) is 18.6 Å². The molecule has 0 bridgehead atoms. The van der Waals surface area contributed by atoms with Crippen molar-refractivity contribution in [2.45, 2.75) is 154 Å². The fourth-order valence-corrected chi connectivity index (χ4v) is 5.80. The molecule has 0 aromatic rings. The summed E-state index contributed by atoms with van der Waals surface area (Å²) >= 11 is 0. The van der Waals surface area contributed by atoms with Gasteiger partial charge in [-0.25, -0.2) is 4.57 Å². The molecule has 330 valence electrons. The molecule has 2 unspecified atom stereocenters. The van der Waals surface area contributed by atoms with E-state index >= 15 is 0 Å². The van der Waals surface area contributed by atoms with Gasteiger partial charge >= 0.3 is 19.8 Å². The molecule has 0 aliphatic heterocycles. The minimum Gasteiger partial charge on any atom is -0.462 e. The number of esters is 2. The smallest absolute Gasteiger partial charge is 0.462 e. The summed E-state index contributed by atoms with van der Waals surface area (Å²) in [6.45, 7) is 2.01. The van der Waals surface area contributed by atoms with Crippen LogP contribution in [0, 0.1) is 0 Å². The van der Waals surface area contributed by atoms with Crippen LogP contribution in [-0.2, 0) is 32.7 Å². The average molecular weight is 835 g/mol. The monoisotopic (exact) mass is 835 g/mol. The van der Waals surface area contributed by atoms with E-state index in [2.05, 4.69) is 60.9 Å². The average Bonchev–Trinajstić information content (AvgIpc) is 3.21. The van der Waals surface area contributed by atoms with Crippen molar-refractivity contribution in [3.8, 4) is 0 Å². The highest BCUT2D eigenvalue weighted by Crippen LogP contribution is 2.43. The number of hydrogen-bond acceptors (Lipinski definition) is 10. The maximum Gasteiger partial charge on any atom is 0.472 e. The van der Waals surface area contributed by atoms with Crippen LogP contribution in [0.2, 0.25) is 0 Å². The van der Waals surface area contributed by atoms with Gasteiger partial charge in [-0.15, -0.1) is 0 Å². The van der Waals surface area contributed by atoms with Gasteiger partial charge in [0.25, 0.3) is 0 Å². The number of allylic oxidation sites excluding steroid dienone is 14. The lowest BCUT2D eigenvalue weighted by molar-refractivity contribution is -0.161. The summed E-state index contributed by atoms with van der Waals surface area (Å²) in [4.78, 5) is 34.9. The summed E-state index contributed by atoms with van der Waals surface area (Å²) in [5.41, 5.74) is 0. The van der Waals surface area contributed by atoms with E-state index in [1.807, 2.05) is 48.6 Å². The molecular formula is C46H75O11P. The van der Waals surface area contributed by atoms with Crippen LogP contribution < -0.4 is 0 Å². The summed E-state index contributed by atoms with van der Waals surface area (Å²) in [7, 11) is -4.67. The molecule has 0 amide bonds. The molecule has 0 saturated carbocycles. The van der Waals surface area contributed by atoms with E-state index in [9.17, 15) is 29.3 Å². The van der Waals surface area contributed by atoms with Gasteiger partial charge in [-0.1, -0.05) is 143 Å².